The summed E-state index contributed by atoms with van der Waals surface area (Å²) < 4.78 is 5.14. The lowest BCUT2D eigenvalue weighted by atomic mass is 10.2. The minimum absolute atomic E-state index is 0.624. The summed E-state index contributed by atoms with van der Waals surface area (Å²) in [6.07, 6.45) is 5.19. The van der Waals surface area contributed by atoms with Crippen LogP contribution in [0.3, 0.4) is 0 Å². The van der Waals surface area contributed by atoms with Crippen LogP contribution in [0.2, 0.25) is 0 Å². The third-order valence-corrected chi connectivity index (χ3v) is 3.71. The van der Waals surface area contributed by atoms with Crippen LogP contribution in [-0.4, -0.2) is 61.2 Å². The van der Waals surface area contributed by atoms with Crippen LogP contribution in [0.5, 0.6) is 5.88 Å². The molecular formula is C14H25N5O. The molecule has 6 heteroatoms. The van der Waals surface area contributed by atoms with Crippen molar-refractivity contribution >= 4 is 5.82 Å². The van der Waals surface area contributed by atoms with E-state index in [1.807, 2.05) is 6.07 Å². The Hall–Kier alpha value is -1.40. The van der Waals surface area contributed by atoms with Crippen molar-refractivity contribution in [3.05, 3.63) is 12.4 Å². The average molecular weight is 279 g/mol. The number of nitrogens with two attached hydrogens (primary N) is 1. The summed E-state index contributed by atoms with van der Waals surface area (Å²) in [5.41, 5.74) is 5.51. The van der Waals surface area contributed by atoms with Crippen LogP contribution < -0.4 is 15.4 Å². The number of aromatic nitrogens is 2. The van der Waals surface area contributed by atoms with Crippen molar-refractivity contribution in [2.24, 2.45) is 5.73 Å². The molecule has 6 nitrogen and oxygen atoms in total. The second-order valence-corrected chi connectivity index (χ2v) is 5.10. The molecule has 112 valence electrons. The highest BCUT2D eigenvalue weighted by atomic mass is 16.5. The highest BCUT2D eigenvalue weighted by Gasteiger charge is 2.18. The van der Waals surface area contributed by atoms with E-state index in [0.717, 1.165) is 45.0 Å². The Balaban J connectivity index is 1.76. The summed E-state index contributed by atoms with van der Waals surface area (Å²) >= 11 is 0. The Morgan fingerprint density at radius 2 is 1.95 bits per heavy atom. The molecule has 1 aromatic heterocycles. The first-order chi connectivity index (χ1) is 9.83. The third-order valence-electron chi connectivity index (χ3n) is 3.71. The molecule has 2 rings (SSSR count). The van der Waals surface area contributed by atoms with Crippen molar-refractivity contribution in [1.29, 1.82) is 0 Å². The van der Waals surface area contributed by atoms with Gasteiger partial charge < -0.3 is 15.4 Å². The molecular weight excluding hydrogens is 254 g/mol. The monoisotopic (exact) mass is 279 g/mol. The van der Waals surface area contributed by atoms with Crippen molar-refractivity contribution in [1.82, 2.24) is 14.9 Å². The van der Waals surface area contributed by atoms with Gasteiger partial charge in [-0.2, -0.15) is 0 Å². The molecule has 0 aliphatic carbocycles. The van der Waals surface area contributed by atoms with E-state index in [1.54, 1.807) is 13.4 Å². The van der Waals surface area contributed by atoms with E-state index in [0.29, 0.717) is 5.88 Å². The first kappa shape index (κ1) is 15.0. The molecule has 0 unspecified atom stereocenters. The van der Waals surface area contributed by atoms with Crippen molar-refractivity contribution < 1.29 is 4.74 Å². The molecule has 1 aliphatic heterocycles. The Kier molecular flexibility index (Phi) is 6.01. The highest BCUT2D eigenvalue weighted by Crippen LogP contribution is 2.17. The molecule has 0 saturated carbocycles. The molecule has 1 aliphatic rings. The molecule has 0 amide bonds. The Morgan fingerprint density at radius 3 is 2.65 bits per heavy atom. The zero-order valence-corrected chi connectivity index (χ0v) is 12.3. The van der Waals surface area contributed by atoms with E-state index in [1.165, 1.54) is 19.4 Å². The molecule has 2 heterocycles. The van der Waals surface area contributed by atoms with Crippen LogP contribution in [0.1, 0.15) is 19.3 Å². The summed E-state index contributed by atoms with van der Waals surface area (Å²) in [6.45, 7) is 6.20. The van der Waals surface area contributed by atoms with E-state index in [4.69, 9.17) is 10.5 Å². The molecule has 0 radical (unpaired) electrons. The van der Waals surface area contributed by atoms with Gasteiger partial charge in [-0.15, -0.1) is 0 Å². The van der Waals surface area contributed by atoms with Crippen LogP contribution in [0.15, 0.2) is 12.4 Å². The molecule has 0 bridgehead atoms. The van der Waals surface area contributed by atoms with Crippen molar-refractivity contribution in [3.8, 4) is 5.88 Å². The first-order valence-electron chi connectivity index (χ1n) is 7.37. The summed E-state index contributed by atoms with van der Waals surface area (Å²) in [7, 11) is 1.63. The highest BCUT2D eigenvalue weighted by molar-refractivity contribution is 5.41. The fraction of sp³-hybridized carbons (Fsp3) is 0.714. The second-order valence-electron chi connectivity index (χ2n) is 5.10. The SMILES string of the molecule is COc1cc(N2CCN(CCCCCN)CC2)ncn1. The summed E-state index contributed by atoms with van der Waals surface area (Å²) in [4.78, 5) is 13.2. The molecule has 0 spiro atoms. The topological polar surface area (TPSA) is 67.5 Å². The van der Waals surface area contributed by atoms with Gasteiger partial charge in [0.05, 0.1) is 7.11 Å². The fourth-order valence-electron chi connectivity index (χ4n) is 2.47. The van der Waals surface area contributed by atoms with Crippen LogP contribution in [0, 0.1) is 0 Å². The van der Waals surface area contributed by atoms with Gasteiger partial charge in [0.1, 0.15) is 12.1 Å². The molecule has 1 fully saturated rings. The van der Waals surface area contributed by atoms with Crippen LogP contribution in [0.25, 0.3) is 0 Å². The largest absolute Gasteiger partial charge is 0.481 e. The van der Waals surface area contributed by atoms with Gasteiger partial charge in [0.15, 0.2) is 0 Å². The van der Waals surface area contributed by atoms with E-state index < -0.39 is 0 Å². The predicted octanol–water partition coefficient (Wildman–Crippen LogP) is 0.736. The predicted molar refractivity (Wildman–Crippen MR) is 80.1 cm³/mol. The number of methoxy groups -OCH3 is 1. The number of piperazine rings is 1. The van der Waals surface area contributed by atoms with Crippen molar-refractivity contribution in [3.63, 3.8) is 0 Å². The van der Waals surface area contributed by atoms with Crippen molar-refractivity contribution in [2.75, 3.05) is 51.3 Å². The lowest BCUT2D eigenvalue weighted by molar-refractivity contribution is 0.252. The molecule has 2 N–H and O–H groups in total. The smallest absolute Gasteiger partial charge is 0.218 e. The maximum atomic E-state index is 5.51. The fourth-order valence-corrected chi connectivity index (χ4v) is 2.47. The van der Waals surface area contributed by atoms with E-state index >= 15 is 0 Å². The molecule has 0 aromatic carbocycles. The van der Waals surface area contributed by atoms with Gasteiger partial charge in [0, 0.05) is 32.2 Å². The average Bonchev–Trinajstić information content (AvgIpc) is 2.52. The number of hydrogen-bond donors (Lipinski definition) is 1. The van der Waals surface area contributed by atoms with Gasteiger partial charge in [0.2, 0.25) is 5.88 Å². The Morgan fingerprint density at radius 1 is 1.15 bits per heavy atom. The number of rotatable bonds is 7. The number of ether oxygens (including phenoxy) is 1. The second kappa shape index (κ2) is 8.01. The van der Waals surface area contributed by atoms with Crippen molar-refractivity contribution in [2.45, 2.75) is 19.3 Å². The van der Waals surface area contributed by atoms with Crippen LogP contribution in [0.4, 0.5) is 5.82 Å². The quantitative estimate of drug-likeness (QED) is 0.742. The van der Waals surface area contributed by atoms with Gasteiger partial charge in [-0.3, -0.25) is 4.90 Å². The van der Waals surface area contributed by atoms with E-state index in [2.05, 4.69) is 19.8 Å². The maximum absolute atomic E-state index is 5.51. The minimum Gasteiger partial charge on any atom is -0.481 e. The molecule has 1 aromatic rings. The van der Waals surface area contributed by atoms with Gasteiger partial charge in [0.25, 0.3) is 0 Å². The van der Waals surface area contributed by atoms with E-state index in [9.17, 15) is 0 Å². The third kappa shape index (κ3) is 4.31. The Bertz CT molecular complexity index is 393. The van der Waals surface area contributed by atoms with Gasteiger partial charge in [-0.1, -0.05) is 6.42 Å². The zero-order valence-electron chi connectivity index (χ0n) is 12.3. The van der Waals surface area contributed by atoms with Gasteiger partial charge in [-0.25, -0.2) is 9.97 Å². The number of hydrogen-bond acceptors (Lipinski definition) is 6. The lowest BCUT2D eigenvalue weighted by Gasteiger charge is -2.35. The van der Waals surface area contributed by atoms with Gasteiger partial charge >= 0.3 is 0 Å². The van der Waals surface area contributed by atoms with Gasteiger partial charge in [-0.05, 0) is 25.9 Å². The summed E-state index contributed by atoms with van der Waals surface area (Å²) in [5.74, 6) is 1.58. The minimum atomic E-state index is 0.624. The van der Waals surface area contributed by atoms with Crippen LogP contribution >= 0.6 is 0 Å². The number of nitrogens with zero attached hydrogens (tertiary/aromatic N) is 4. The molecule has 0 atom stereocenters. The lowest BCUT2D eigenvalue weighted by Crippen LogP contribution is -2.46. The number of unbranched alkanes of at least 4 members (excludes halogenated alkanes) is 2. The molecule has 1 saturated heterocycles. The Labute approximate surface area is 120 Å². The normalized spacial score (nSPS) is 16.4. The van der Waals surface area contributed by atoms with Crippen LogP contribution in [-0.2, 0) is 0 Å². The number of anilines is 1. The summed E-state index contributed by atoms with van der Waals surface area (Å²) in [5, 5.41) is 0. The van der Waals surface area contributed by atoms with E-state index in [-0.39, 0.29) is 0 Å². The summed E-state index contributed by atoms with van der Waals surface area (Å²) in [6, 6.07) is 1.90. The first-order valence-corrected chi connectivity index (χ1v) is 7.37. The standard InChI is InChI=1S/C14H25N5O/c1-20-14-11-13(16-12-17-14)19-9-7-18(8-10-19)6-4-2-3-5-15/h11-12H,2-10,15H2,1H3. The zero-order chi connectivity index (χ0) is 14.2. The maximum Gasteiger partial charge on any atom is 0.218 e. The molecule has 20 heavy (non-hydrogen) atoms.